The van der Waals surface area contributed by atoms with Crippen molar-refractivity contribution in [3.8, 4) is 0 Å². The summed E-state index contributed by atoms with van der Waals surface area (Å²) < 4.78 is 2.59. The zero-order valence-corrected chi connectivity index (χ0v) is 17.8. The number of hydrogen-bond donors (Lipinski definition) is 0. The molecule has 2 heterocycles. The standard InChI is InChI=1S/C25H38N/c1-8-20(5)22-17-18-26-23(19-22)16-14-12-13-15-21(6)24(7,9-2)25(26,10-3)11-4/h12-15,17-20H,6,8-11,16H2,1-5,7H3/q+1. The summed E-state index contributed by atoms with van der Waals surface area (Å²) in [4.78, 5) is 0. The van der Waals surface area contributed by atoms with Gasteiger partial charge in [0.1, 0.15) is 0 Å². The zero-order chi connectivity index (χ0) is 19.4. The Balaban J connectivity index is 2.79. The van der Waals surface area contributed by atoms with Crippen LogP contribution in [0, 0.1) is 5.41 Å². The molecule has 1 nitrogen and oxygen atoms in total. The van der Waals surface area contributed by atoms with Crippen LogP contribution in [0.1, 0.15) is 84.4 Å². The van der Waals surface area contributed by atoms with Crippen molar-refractivity contribution >= 4 is 0 Å². The largest absolute Gasteiger partial charge is 0.196 e. The molecule has 2 atom stereocenters. The Labute approximate surface area is 161 Å². The van der Waals surface area contributed by atoms with Crippen LogP contribution in [0.4, 0.5) is 0 Å². The van der Waals surface area contributed by atoms with Crippen molar-refractivity contribution in [2.45, 2.75) is 85.1 Å². The van der Waals surface area contributed by atoms with Gasteiger partial charge in [-0.3, -0.25) is 0 Å². The van der Waals surface area contributed by atoms with Crippen LogP contribution in [0.5, 0.6) is 0 Å². The molecule has 2 unspecified atom stereocenters. The van der Waals surface area contributed by atoms with Crippen LogP contribution in [0.25, 0.3) is 0 Å². The van der Waals surface area contributed by atoms with Crippen LogP contribution in [0.3, 0.4) is 0 Å². The maximum Gasteiger partial charge on any atom is 0.185 e. The van der Waals surface area contributed by atoms with E-state index in [1.165, 1.54) is 23.3 Å². The first-order chi connectivity index (χ1) is 12.4. The van der Waals surface area contributed by atoms with Gasteiger partial charge in [-0.25, -0.2) is 0 Å². The van der Waals surface area contributed by atoms with E-state index in [-0.39, 0.29) is 11.0 Å². The van der Waals surface area contributed by atoms with Crippen molar-refractivity contribution < 1.29 is 4.57 Å². The van der Waals surface area contributed by atoms with Crippen LogP contribution >= 0.6 is 0 Å². The Kier molecular flexibility index (Phi) is 6.66. The molecular weight excluding hydrogens is 314 g/mol. The van der Waals surface area contributed by atoms with Gasteiger partial charge in [0.2, 0.25) is 0 Å². The van der Waals surface area contributed by atoms with Crippen molar-refractivity contribution in [3.63, 3.8) is 0 Å². The van der Waals surface area contributed by atoms with Crippen LogP contribution < -0.4 is 4.57 Å². The van der Waals surface area contributed by atoms with Gasteiger partial charge in [0.25, 0.3) is 0 Å². The molecule has 0 saturated carbocycles. The van der Waals surface area contributed by atoms with Gasteiger partial charge >= 0.3 is 0 Å². The molecule has 0 bridgehead atoms. The molecule has 1 aromatic rings. The zero-order valence-electron chi connectivity index (χ0n) is 17.8. The maximum atomic E-state index is 4.50. The molecule has 1 aliphatic rings. The molecule has 1 aromatic heterocycles. The van der Waals surface area contributed by atoms with E-state index < -0.39 is 0 Å². The molecule has 0 saturated heterocycles. The van der Waals surface area contributed by atoms with Crippen LogP contribution in [-0.2, 0) is 12.0 Å². The van der Waals surface area contributed by atoms with Gasteiger partial charge in [0.15, 0.2) is 17.4 Å². The smallest absolute Gasteiger partial charge is 0.185 e. The van der Waals surface area contributed by atoms with E-state index in [9.17, 15) is 0 Å². The Morgan fingerprint density at radius 3 is 2.38 bits per heavy atom. The number of allylic oxidation sites excluding steroid dienone is 5. The van der Waals surface area contributed by atoms with Crippen LogP contribution in [-0.4, -0.2) is 0 Å². The summed E-state index contributed by atoms with van der Waals surface area (Å²) in [5.74, 6) is 0.602. The first-order valence-electron chi connectivity index (χ1n) is 10.5. The van der Waals surface area contributed by atoms with Crippen molar-refractivity contribution in [3.05, 3.63) is 66.0 Å². The van der Waals surface area contributed by atoms with E-state index >= 15 is 0 Å². The van der Waals surface area contributed by atoms with Crippen molar-refractivity contribution in [1.82, 2.24) is 0 Å². The summed E-state index contributed by atoms with van der Waals surface area (Å²) in [6.45, 7) is 18.5. The van der Waals surface area contributed by atoms with Crippen molar-refractivity contribution in [2.24, 2.45) is 5.41 Å². The van der Waals surface area contributed by atoms with Crippen molar-refractivity contribution in [2.75, 3.05) is 0 Å². The Bertz CT molecular complexity index is 690. The Morgan fingerprint density at radius 2 is 1.81 bits per heavy atom. The van der Waals surface area contributed by atoms with Gasteiger partial charge in [-0.1, -0.05) is 65.5 Å². The normalized spacial score (nSPS) is 23.5. The number of fused-ring (bicyclic) bond motifs is 1. The highest BCUT2D eigenvalue weighted by Gasteiger charge is 2.54. The predicted molar refractivity (Wildman–Crippen MR) is 113 cm³/mol. The first kappa shape index (κ1) is 20.7. The molecule has 0 fully saturated rings. The molecule has 2 rings (SSSR count). The first-order valence-corrected chi connectivity index (χ1v) is 10.5. The number of nitrogens with zero attached hydrogens (tertiary/aromatic N) is 1. The molecule has 0 radical (unpaired) electrons. The van der Waals surface area contributed by atoms with E-state index in [4.69, 9.17) is 0 Å². The minimum absolute atomic E-state index is 0.0233. The average Bonchev–Trinajstić information content (AvgIpc) is 2.67. The Hall–Kier alpha value is -1.63. The van der Waals surface area contributed by atoms with Gasteiger partial charge in [0, 0.05) is 25.0 Å². The fraction of sp³-hybridized carbons (Fsp3) is 0.560. The van der Waals surface area contributed by atoms with Gasteiger partial charge in [-0.05, 0) is 36.8 Å². The summed E-state index contributed by atoms with van der Waals surface area (Å²) in [6, 6.07) is 4.80. The number of hydrogen-bond acceptors (Lipinski definition) is 0. The average molecular weight is 353 g/mol. The van der Waals surface area contributed by atoms with Gasteiger partial charge < -0.3 is 0 Å². The quantitative estimate of drug-likeness (QED) is 0.523. The summed E-state index contributed by atoms with van der Waals surface area (Å²) in [5.41, 5.74) is 4.18. The van der Waals surface area contributed by atoms with Gasteiger partial charge in [-0.2, -0.15) is 4.57 Å². The summed E-state index contributed by atoms with van der Waals surface area (Å²) >= 11 is 0. The van der Waals surface area contributed by atoms with Gasteiger partial charge in [-0.15, -0.1) is 0 Å². The Morgan fingerprint density at radius 1 is 1.12 bits per heavy atom. The summed E-state index contributed by atoms with van der Waals surface area (Å²) in [6.07, 6.45) is 16.6. The van der Waals surface area contributed by atoms with E-state index in [0.717, 1.165) is 25.7 Å². The fourth-order valence-corrected chi connectivity index (χ4v) is 4.80. The third-order valence-corrected chi connectivity index (χ3v) is 7.19. The molecule has 0 spiro atoms. The second-order valence-electron chi connectivity index (χ2n) is 8.07. The maximum absolute atomic E-state index is 4.50. The van der Waals surface area contributed by atoms with E-state index in [1.807, 2.05) is 0 Å². The fourth-order valence-electron chi connectivity index (χ4n) is 4.80. The lowest BCUT2D eigenvalue weighted by atomic mass is 9.61. The predicted octanol–water partition coefficient (Wildman–Crippen LogP) is 6.64. The van der Waals surface area contributed by atoms with Crippen molar-refractivity contribution in [1.29, 1.82) is 0 Å². The highest BCUT2D eigenvalue weighted by atomic mass is 15.1. The second kappa shape index (κ2) is 8.37. The second-order valence-corrected chi connectivity index (χ2v) is 8.07. The van der Waals surface area contributed by atoms with E-state index in [1.54, 1.807) is 0 Å². The topological polar surface area (TPSA) is 3.88 Å². The minimum atomic E-state index is 0.0233. The number of rotatable bonds is 5. The van der Waals surface area contributed by atoms with Crippen LogP contribution in [0.2, 0.25) is 0 Å². The van der Waals surface area contributed by atoms with Crippen LogP contribution in [0.15, 0.2) is 54.8 Å². The molecule has 1 heteroatoms. The highest BCUT2D eigenvalue weighted by Crippen LogP contribution is 2.48. The van der Waals surface area contributed by atoms with Gasteiger partial charge in [0.05, 0.1) is 11.8 Å². The molecule has 0 N–H and O–H groups in total. The highest BCUT2D eigenvalue weighted by molar-refractivity contribution is 5.30. The molecule has 1 aliphatic heterocycles. The molecule has 0 amide bonds. The molecule has 0 aromatic carbocycles. The molecule has 0 aliphatic carbocycles. The van der Waals surface area contributed by atoms with E-state index in [2.05, 4.69) is 95.3 Å². The molecule has 26 heavy (non-hydrogen) atoms. The minimum Gasteiger partial charge on any atom is -0.196 e. The third kappa shape index (κ3) is 3.33. The SMILES string of the molecule is C=C1C=CC=CCc2cc(C(C)CC)cc[n+]2C(CC)(CC)C1(C)CC. The lowest BCUT2D eigenvalue weighted by molar-refractivity contribution is -0.785. The number of pyridine rings is 1. The summed E-state index contributed by atoms with van der Waals surface area (Å²) in [7, 11) is 0. The lowest BCUT2D eigenvalue weighted by Crippen LogP contribution is -2.66. The lowest BCUT2D eigenvalue weighted by Gasteiger charge is -2.44. The molecule has 142 valence electrons. The monoisotopic (exact) mass is 352 g/mol. The summed E-state index contributed by atoms with van der Waals surface area (Å²) in [5, 5.41) is 0. The van der Waals surface area contributed by atoms with E-state index in [0.29, 0.717) is 5.92 Å². The molecular formula is C25H38N+. The third-order valence-electron chi connectivity index (χ3n) is 7.19. The number of aromatic nitrogens is 1.